The molecule has 0 aliphatic heterocycles. The second-order valence-corrected chi connectivity index (χ2v) is 7.39. The number of unbranched alkanes of at least 4 members (excludes halogenated alkanes) is 12. The second-order valence-electron chi connectivity index (χ2n) is 7.39. The molecule has 1 unspecified atom stereocenters. The van der Waals surface area contributed by atoms with E-state index in [0.29, 0.717) is 0 Å². The molecule has 128 valence electrons. The summed E-state index contributed by atoms with van der Waals surface area (Å²) in [5.74, 6) is 1.85. The molecule has 0 aromatic rings. The Morgan fingerprint density at radius 1 is 0.476 bits per heavy atom. The van der Waals surface area contributed by atoms with Gasteiger partial charge in [0.05, 0.1) is 0 Å². The quantitative estimate of drug-likeness (QED) is 0.252. The summed E-state index contributed by atoms with van der Waals surface area (Å²) in [6.45, 7) is 9.47. The van der Waals surface area contributed by atoms with Gasteiger partial charge in [-0.1, -0.05) is 124 Å². The van der Waals surface area contributed by atoms with E-state index in [-0.39, 0.29) is 0 Å². The van der Waals surface area contributed by atoms with Crippen molar-refractivity contribution in [3.63, 3.8) is 0 Å². The summed E-state index contributed by atoms with van der Waals surface area (Å²) in [5.41, 5.74) is 0. The maximum absolute atomic E-state index is 2.44. The van der Waals surface area contributed by atoms with Crippen molar-refractivity contribution in [2.24, 2.45) is 11.8 Å². The summed E-state index contributed by atoms with van der Waals surface area (Å²) >= 11 is 0. The van der Waals surface area contributed by atoms with E-state index in [0.717, 1.165) is 11.8 Å². The Bertz CT molecular complexity index is 184. The molecular weight excluding hydrogens is 252 g/mol. The molecule has 0 N–H and O–H groups in total. The highest BCUT2D eigenvalue weighted by Crippen LogP contribution is 2.21. The molecule has 0 fully saturated rings. The van der Waals surface area contributed by atoms with Crippen molar-refractivity contribution in [1.82, 2.24) is 0 Å². The zero-order chi connectivity index (χ0) is 15.8. The molecule has 0 nitrogen and oxygen atoms in total. The molecule has 2 atom stereocenters. The van der Waals surface area contributed by atoms with Crippen LogP contribution in [0.3, 0.4) is 0 Å². The fraction of sp³-hybridized carbons (Fsp3) is 1.00. The summed E-state index contributed by atoms with van der Waals surface area (Å²) in [7, 11) is 0. The largest absolute Gasteiger partial charge is 0.0654 e. The minimum absolute atomic E-state index is 0.919. The van der Waals surface area contributed by atoms with E-state index >= 15 is 0 Å². The lowest BCUT2D eigenvalue weighted by Crippen LogP contribution is -2.06. The number of hydrogen-bond acceptors (Lipinski definition) is 0. The van der Waals surface area contributed by atoms with Crippen molar-refractivity contribution >= 4 is 0 Å². The van der Waals surface area contributed by atoms with Gasteiger partial charge in [-0.2, -0.15) is 0 Å². The number of rotatable bonds is 16. The van der Waals surface area contributed by atoms with Crippen LogP contribution in [0.5, 0.6) is 0 Å². The molecule has 0 aliphatic carbocycles. The van der Waals surface area contributed by atoms with E-state index in [2.05, 4.69) is 27.7 Å². The van der Waals surface area contributed by atoms with Crippen LogP contribution in [0.2, 0.25) is 0 Å². The molecule has 0 heterocycles. The fourth-order valence-corrected chi connectivity index (χ4v) is 3.17. The average molecular weight is 297 g/mol. The van der Waals surface area contributed by atoms with E-state index in [4.69, 9.17) is 0 Å². The summed E-state index contributed by atoms with van der Waals surface area (Å²) in [6.07, 6.45) is 21.8. The highest BCUT2D eigenvalue weighted by molar-refractivity contribution is 4.60. The first-order chi connectivity index (χ1) is 10.2. The number of hydrogen-bond donors (Lipinski definition) is 0. The Morgan fingerprint density at radius 3 is 1.24 bits per heavy atom. The van der Waals surface area contributed by atoms with Crippen molar-refractivity contribution in [3.05, 3.63) is 0 Å². The van der Waals surface area contributed by atoms with Gasteiger partial charge in [-0.15, -0.1) is 0 Å². The van der Waals surface area contributed by atoms with Gasteiger partial charge in [0.1, 0.15) is 0 Å². The lowest BCUT2D eigenvalue weighted by molar-refractivity contribution is 0.342. The first-order valence-electron chi connectivity index (χ1n) is 10.2. The van der Waals surface area contributed by atoms with Gasteiger partial charge in [0.25, 0.3) is 0 Å². The van der Waals surface area contributed by atoms with Gasteiger partial charge in [-0.3, -0.25) is 0 Å². The molecule has 0 bridgehead atoms. The van der Waals surface area contributed by atoms with Gasteiger partial charge < -0.3 is 0 Å². The molecule has 0 saturated carbocycles. The maximum atomic E-state index is 2.44. The highest BCUT2D eigenvalue weighted by Gasteiger charge is 2.08. The van der Waals surface area contributed by atoms with Gasteiger partial charge in [0.15, 0.2) is 0 Å². The van der Waals surface area contributed by atoms with Crippen LogP contribution in [0.25, 0.3) is 0 Å². The van der Waals surface area contributed by atoms with Crippen LogP contribution >= 0.6 is 0 Å². The molecule has 21 heavy (non-hydrogen) atoms. The third-order valence-corrected chi connectivity index (χ3v) is 5.38. The van der Waals surface area contributed by atoms with E-state index in [1.807, 2.05) is 0 Å². The van der Waals surface area contributed by atoms with Crippen LogP contribution < -0.4 is 0 Å². The molecule has 0 radical (unpaired) electrons. The molecule has 0 aromatic heterocycles. The Morgan fingerprint density at radius 2 is 0.857 bits per heavy atom. The zero-order valence-electron chi connectivity index (χ0n) is 15.8. The van der Waals surface area contributed by atoms with E-state index in [9.17, 15) is 0 Å². The zero-order valence-corrected chi connectivity index (χ0v) is 15.8. The van der Waals surface area contributed by atoms with Crippen LogP contribution in [-0.2, 0) is 0 Å². The van der Waals surface area contributed by atoms with Crippen molar-refractivity contribution in [3.8, 4) is 0 Å². The van der Waals surface area contributed by atoms with Crippen LogP contribution in [0.4, 0.5) is 0 Å². The predicted octanol–water partition coefficient (Wildman–Crippen LogP) is 8.15. The topological polar surface area (TPSA) is 0 Å². The van der Waals surface area contributed by atoms with E-state index in [1.165, 1.54) is 96.3 Å². The van der Waals surface area contributed by atoms with Gasteiger partial charge >= 0.3 is 0 Å². The van der Waals surface area contributed by atoms with Crippen molar-refractivity contribution in [2.75, 3.05) is 0 Å². The fourth-order valence-electron chi connectivity index (χ4n) is 3.17. The maximum Gasteiger partial charge on any atom is -0.0417 e. The standard InChI is InChI=1S/C21H44/c1-5-7-8-9-10-11-12-13-14-15-16-17-18-19-21(4)20(3)6-2/h20-21H,5-19H2,1-4H3/t20-,21?/m1/s1. The second kappa shape index (κ2) is 16.4. The summed E-state index contributed by atoms with van der Waals surface area (Å²) in [6, 6.07) is 0. The molecular formula is C21H44. The molecule has 0 amide bonds. The Hall–Kier alpha value is 0. The first-order valence-corrected chi connectivity index (χ1v) is 10.2. The minimum atomic E-state index is 0.919. The van der Waals surface area contributed by atoms with Crippen molar-refractivity contribution in [2.45, 2.75) is 124 Å². The van der Waals surface area contributed by atoms with Crippen LogP contribution in [0.1, 0.15) is 124 Å². The summed E-state index contributed by atoms with van der Waals surface area (Å²) < 4.78 is 0. The Kier molecular flexibility index (Phi) is 16.4. The van der Waals surface area contributed by atoms with Crippen molar-refractivity contribution in [1.29, 1.82) is 0 Å². The van der Waals surface area contributed by atoms with E-state index in [1.54, 1.807) is 0 Å². The van der Waals surface area contributed by atoms with Gasteiger partial charge in [-0.25, -0.2) is 0 Å². The lowest BCUT2D eigenvalue weighted by Gasteiger charge is -2.17. The monoisotopic (exact) mass is 296 g/mol. The first kappa shape index (κ1) is 21.0. The minimum Gasteiger partial charge on any atom is -0.0654 e. The normalized spacial score (nSPS) is 14.3. The van der Waals surface area contributed by atoms with Gasteiger partial charge in [0, 0.05) is 0 Å². The molecule has 0 rings (SSSR count). The molecule has 0 saturated heterocycles. The molecule has 0 spiro atoms. The Labute approximate surface area is 136 Å². The van der Waals surface area contributed by atoms with Crippen LogP contribution in [-0.4, -0.2) is 0 Å². The van der Waals surface area contributed by atoms with Gasteiger partial charge in [-0.05, 0) is 11.8 Å². The lowest BCUT2D eigenvalue weighted by atomic mass is 9.89. The van der Waals surface area contributed by atoms with Gasteiger partial charge in [0.2, 0.25) is 0 Å². The predicted molar refractivity (Wildman–Crippen MR) is 98.9 cm³/mol. The molecule has 0 heteroatoms. The van der Waals surface area contributed by atoms with Crippen LogP contribution in [0.15, 0.2) is 0 Å². The van der Waals surface area contributed by atoms with Crippen molar-refractivity contribution < 1.29 is 0 Å². The Balaban J connectivity index is 3.09. The average Bonchev–Trinajstić information content (AvgIpc) is 2.50. The van der Waals surface area contributed by atoms with E-state index < -0.39 is 0 Å². The third kappa shape index (κ3) is 14.7. The summed E-state index contributed by atoms with van der Waals surface area (Å²) in [5, 5.41) is 0. The molecule has 0 aliphatic rings. The highest BCUT2D eigenvalue weighted by atomic mass is 14.1. The summed E-state index contributed by atoms with van der Waals surface area (Å²) in [4.78, 5) is 0. The van der Waals surface area contributed by atoms with Crippen LogP contribution in [0, 0.1) is 11.8 Å². The smallest absolute Gasteiger partial charge is 0.0417 e. The SMILES string of the molecule is CCCCCCCCCCCCCCCC(C)[C@H](C)CC. The molecule has 0 aromatic carbocycles. The third-order valence-electron chi connectivity index (χ3n) is 5.38.